The summed E-state index contributed by atoms with van der Waals surface area (Å²) in [4.78, 5) is 11.5. The fraction of sp³-hybridized carbons (Fsp3) is 0.462. The molecule has 0 fully saturated rings. The summed E-state index contributed by atoms with van der Waals surface area (Å²) in [6, 6.07) is 4.67. The van der Waals surface area contributed by atoms with Gasteiger partial charge in [0.25, 0.3) is 0 Å². The number of hydrogen-bond acceptors (Lipinski definition) is 3. The van der Waals surface area contributed by atoms with Crippen molar-refractivity contribution in [1.82, 2.24) is 0 Å². The molecule has 1 aromatic carbocycles. The minimum absolute atomic E-state index is 0.0246. The smallest absolute Gasteiger partial charge is 0.173 e. The molecule has 0 radical (unpaired) electrons. The highest BCUT2D eigenvalue weighted by Crippen LogP contribution is 2.27. The number of Topliss-reactive ketones (excluding diaryl/α,β-unsaturated/α-hetero) is 1. The predicted molar refractivity (Wildman–Crippen MR) is 71.3 cm³/mol. The highest BCUT2D eigenvalue weighted by molar-refractivity contribution is 9.09. The Labute approximate surface area is 110 Å². The second-order valence-electron chi connectivity index (χ2n) is 3.79. The maximum Gasteiger partial charge on any atom is 0.173 e. The third kappa shape index (κ3) is 4.38. The van der Waals surface area contributed by atoms with Crippen LogP contribution in [0.4, 0.5) is 0 Å². The molecule has 0 aliphatic carbocycles. The van der Waals surface area contributed by atoms with Crippen LogP contribution in [-0.2, 0) is 0 Å². The average Bonchev–Trinajstić information content (AvgIpc) is 2.35. The average molecular weight is 301 g/mol. The van der Waals surface area contributed by atoms with E-state index < -0.39 is 0 Å². The number of unbranched alkanes of at least 4 members (excludes halogenated alkanes) is 2. The first kappa shape index (κ1) is 14.0. The molecule has 0 aromatic heterocycles. The molecule has 3 nitrogen and oxygen atoms in total. The highest BCUT2D eigenvalue weighted by Gasteiger charge is 2.09. The van der Waals surface area contributed by atoms with Crippen molar-refractivity contribution in [2.45, 2.75) is 26.2 Å². The fourth-order valence-corrected chi connectivity index (χ4v) is 1.74. The van der Waals surface area contributed by atoms with Gasteiger partial charge in [-0.2, -0.15) is 0 Å². The van der Waals surface area contributed by atoms with Crippen LogP contribution in [0.1, 0.15) is 36.5 Å². The molecule has 0 aliphatic rings. The van der Waals surface area contributed by atoms with Crippen LogP contribution in [0.15, 0.2) is 18.2 Å². The quantitative estimate of drug-likeness (QED) is 0.476. The van der Waals surface area contributed by atoms with Gasteiger partial charge in [-0.25, -0.2) is 0 Å². The first-order valence-corrected chi connectivity index (χ1v) is 6.86. The number of halogens is 1. The zero-order valence-electron chi connectivity index (χ0n) is 9.91. The lowest BCUT2D eigenvalue weighted by molar-refractivity contribution is 0.102. The Hall–Kier alpha value is -1.03. The van der Waals surface area contributed by atoms with Gasteiger partial charge < -0.3 is 9.84 Å². The van der Waals surface area contributed by atoms with E-state index in [-0.39, 0.29) is 16.9 Å². The second kappa shape index (κ2) is 7.33. The van der Waals surface area contributed by atoms with Crippen LogP contribution in [0.3, 0.4) is 0 Å². The van der Waals surface area contributed by atoms with E-state index in [0.717, 1.165) is 19.3 Å². The number of ether oxygens (including phenoxy) is 1. The number of rotatable bonds is 7. The van der Waals surface area contributed by atoms with Crippen LogP contribution in [0.25, 0.3) is 0 Å². The van der Waals surface area contributed by atoms with Gasteiger partial charge in [-0.15, -0.1) is 0 Å². The third-order valence-electron chi connectivity index (χ3n) is 2.41. The summed E-state index contributed by atoms with van der Waals surface area (Å²) in [5.74, 6) is 0.434. The molecule has 4 heteroatoms. The van der Waals surface area contributed by atoms with Crippen molar-refractivity contribution >= 4 is 21.7 Å². The van der Waals surface area contributed by atoms with E-state index in [9.17, 15) is 9.90 Å². The van der Waals surface area contributed by atoms with Gasteiger partial charge in [0.05, 0.1) is 11.9 Å². The summed E-state index contributed by atoms with van der Waals surface area (Å²) in [6.45, 7) is 2.68. The van der Waals surface area contributed by atoms with E-state index >= 15 is 0 Å². The van der Waals surface area contributed by atoms with Crippen molar-refractivity contribution in [3.05, 3.63) is 23.8 Å². The lowest BCUT2D eigenvalue weighted by atomic mass is 10.1. The SMILES string of the molecule is CCCCCOc1cc(C(=O)CBr)ccc1O. The van der Waals surface area contributed by atoms with Crippen LogP contribution in [0, 0.1) is 0 Å². The Kier molecular flexibility index (Phi) is 6.05. The van der Waals surface area contributed by atoms with Crippen LogP contribution in [0.5, 0.6) is 11.5 Å². The number of benzene rings is 1. The Morgan fingerprint density at radius 3 is 2.82 bits per heavy atom. The van der Waals surface area contributed by atoms with Crippen LogP contribution in [0.2, 0.25) is 0 Å². The topological polar surface area (TPSA) is 46.5 Å². The molecule has 0 aliphatic heterocycles. The molecule has 17 heavy (non-hydrogen) atoms. The summed E-state index contributed by atoms with van der Waals surface area (Å²) >= 11 is 3.11. The van der Waals surface area contributed by atoms with Crippen molar-refractivity contribution in [3.63, 3.8) is 0 Å². The Morgan fingerprint density at radius 2 is 2.18 bits per heavy atom. The molecule has 1 rings (SSSR count). The number of alkyl halides is 1. The molecule has 0 spiro atoms. The zero-order valence-corrected chi connectivity index (χ0v) is 11.5. The number of phenols is 1. The molecule has 0 atom stereocenters. The minimum Gasteiger partial charge on any atom is -0.504 e. The lowest BCUT2D eigenvalue weighted by Gasteiger charge is -2.09. The number of carbonyl (C=O) groups is 1. The highest BCUT2D eigenvalue weighted by atomic mass is 79.9. The summed E-state index contributed by atoms with van der Waals surface area (Å²) in [6.07, 6.45) is 3.17. The molecule has 0 heterocycles. The summed E-state index contributed by atoms with van der Waals surface area (Å²) < 4.78 is 5.46. The Morgan fingerprint density at radius 1 is 1.41 bits per heavy atom. The first-order valence-electron chi connectivity index (χ1n) is 5.74. The number of hydrogen-bond donors (Lipinski definition) is 1. The van der Waals surface area contributed by atoms with Crippen LogP contribution in [-0.4, -0.2) is 22.8 Å². The fourth-order valence-electron chi connectivity index (χ4n) is 1.41. The van der Waals surface area contributed by atoms with E-state index in [1.807, 2.05) is 0 Å². The normalized spacial score (nSPS) is 10.2. The number of phenolic OH excluding ortho intramolecular Hbond substituents is 1. The predicted octanol–water partition coefficient (Wildman–Crippen LogP) is 3.54. The molecule has 0 bridgehead atoms. The van der Waals surface area contributed by atoms with Gasteiger partial charge >= 0.3 is 0 Å². The van der Waals surface area contributed by atoms with Crippen LogP contribution < -0.4 is 4.74 Å². The Balaban J connectivity index is 2.66. The molecular formula is C13H17BrO3. The molecule has 94 valence electrons. The zero-order chi connectivity index (χ0) is 12.7. The molecule has 0 amide bonds. The van der Waals surface area contributed by atoms with Gasteiger partial charge in [0.15, 0.2) is 17.3 Å². The third-order valence-corrected chi connectivity index (χ3v) is 2.92. The molecular weight excluding hydrogens is 284 g/mol. The van der Waals surface area contributed by atoms with E-state index in [0.29, 0.717) is 17.9 Å². The maximum absolute atomic E-state index is 11.5. The van der Waals surface area contributed by atoms with Crippen LogP contribution >= 0.6 is 15.9 Å². The van der Waals surface area contributed by atoms with Gasteiger partial charge in [-0.1, -0.05) is 35.7 Å². The van der Waals surface area contributed by atoms with Crippen molar-refractivity contribution < 1.29 is 14.6 Å². The van der Waals surface area contributed by atoms with E-state index in [2.05, 4.69) is 22.9 Å². The van der Waals surface area contributed by atoms with E-state index in [1.165, 1.54) is 6.07 Å². The summed E-state index contributed by atoms with van der Waals surface area (Å²) in [5.41, 5.74) is 0.546. The van der Waals surface area contributed by atoms with Crippen molar-refractivity contribution in [3.8, 4) is 11.5 Å². The lowest BCUT2D eigenvalue weighted by Crippen LogP contribution is -2.02. The second-order valence-corrected chi connectivity index (χ2v) is 4.36. The van der Waals surface area contributed by atoms with Gasteiger partial charge in [0.1, 0.15) is 0 Å². The molecule has 0 saturated carbocycles. The number of carbonyl (C=O) groups excluding carboxylic acids is 1. The van der Waals surface area contributed by atoms with Gasteiger partial charge in [-0.05, 0) is 24.6 Å². The van der Waals surface area contributed by atoms with Gasteiger partial charge in [-0.3, -0.25) is 4.79 Å². The summed E-state index contributed by atoms with van der Waals surface area (Å²) in [7, 11) is 0. The van der Waals surface area contributed by atoms with Crippen molar-refractivity contribution in [2.75, 3.05) is 11.9 Å². The molecule has 1 aromatic rings. The number of aromatic hydroxyl groups is 1. The molecule has 1 N–H and O–H groups in total. The van der Waals surface area contributed by atoms with Gasteiger partial charge in [0.2, 0.25) is 0 Å². The van der Waals surface area contributed by atoms with E-state index in [1.54, 1.807) is 12.1 Å². The minimum atomic E-state index is -0.0246. The molecule has 0 unspecified atom stereocenters. The monoisotopic (exact) mass is 300 g/mol. The molecule has 0 saturated heterocycles. The summed E-state index contributed by atoms with van der Waals surface area (Å²) in [5, 5.41) is 9.87. The number of ketones is 1. The maximum atomic E-state index is 11.5. The first-order chi connectivity index (χ1) is 8.19. The van der Waals surface area contributed by atoms with E-state index in [4.69, 9.17) is 4.74 Å². The standard InChI is InChI=1S/C13H17BrO3/c1-2-3-4-7-17-13-8-10(12(16)9-14)5-6-11(13)15/h5-6,8,15H,2-4,7,9H2,1H3. The van der Waals surface area contributed by atoms with Gasteiger partial charge in [0, 0.05) is 5.56 Å². The Bertz CT molecular complexity index is 377. The van der Waals surface area contributed by atoms with Crippen molar-refractivity contribution in [1.29, 1.82) is 0 Å². The van der Waals surface area contributed by atoms with Crippen molar-refractivity contribution in [2.24, 2.45) is 0 Å². The largest absolute Gasteiger partial charge is 0.504 e.